The van der Waals surface area contributed by atoms with Crippen molar-refractivity contribution in [1.29, 1.82) is 0 Å². The number of hydrogen-bond acceptors (Lipinski definition) is 6. The molecule has 7 heteroatoms. The summed E-state index contributed by atoms with van der Waals surface area (Å²) in [7, 11) is -3.41. The molecule has 0 aliphatic carbocycles. The van der Waals surface area contributed by atoms with Crippen LogP contribution in [0, 0.1) is 6.92 Å². The molecular weight excluding hydrogens is 283 g/mol. The van der Waals surface area contributed by atoms with E-state index < -0.39 is 7.60 Å². The SMILES string of the molecule is CCOP(=O)(C=S)Oc1cc(C(C)(C)C)nc(C)n1. The molecule has 5 nitrogen and oxygen atoms in total. The topological polar surface area (TPSA) is 61.3 Å². The maximum Gasteiger partial charge on any atom is 0.415 e. The fourth-order valence-electron chi connectivity index (χ4n) is 1.36. The molecule has 0 aliphatic heterocycles. The second-order valence-electron chi connectivity index (χ2n) is 5.04. The van der Waals surface area contributed by atoms with Crippen molar-refractivity contribution in [1.82, 2.24) is 9.97 Å². The van der Waals surface area contributed by atoms with Gasteiger partial charge < -0.3 is 4.52 Å². The third kappa shape index (κ3) is 4.64. The first-order chi connectivity index (χ1) is 8.70. The summed E-state index contributed by atoms with van der Waals surface area (Å²) < 4.78 is 22.6. The van der Waals surface area contributed by atoms with Crippen molar-refractivity contribution in [3.05, 3.63) is 17.6 Å². The van der Waals surface area contributed by atoms with Gasteiger partial charge in [0.05, 0.1) is 12.3 Å². The maximum atomic E-state index is 12.2. The molecule has 0 aromatic carbocycles. The minimum Gasteiger partial charge on any atom is -0.402 e. The Morgan fingerprint density at radius 1 is 1.42 bits per heavy atom. The molecule has 0 saturated heterocycles. The Morgan fingerprint density at radius 2 is 2.05 bits per heavy atom. The van der Waals surface area contributed by atoms with E-state index in [2.05, 4.69) is 9.97 Å². The lowest BCUT2D eigenvalue weighted by Crippen LogP contribution is -2.15. The number of aryl methyl sites for hydroxylation is 1. The highest BCUT2D eigenvalue weighted by Crippen LogP contribution is 2.45. The van der Waals surface area contributed by atoms with Crippen LogP contribution in [0.3, 0.4) is 0 Å². The fourth-order valence-corrected chi connectivity index (χ4v) is 2.54. The molecule has 0 aliphatic rings. The first kappa shape index (κ1) is 16.2. The molecule has 0 amide bonds. The summed E-state index contributed by atoms with van der Waals surface area (Å²) in [5.41, 5.74) is 0.654. The number of nitrogens with zero attached hydrogens (tertiary/aromatic N) is 2. The molecule has 0 fully saturated rings. The van der Waals surface area contributed by atoms with E-state index in [1.807, 2.05) is 20.8 Å². The Morgan fingerprint density at radius 3 is 2.53 bits per heavy atom. The lowest BCUT2D eigenvalue weighted by molar-refractivity contribution is 0.290. The third-order valence-corrected chi connectivity index (χ3v) is 4.33. The highest BCUT2D eigenvalue weighted by molar-refractivity contribution is 7.95. The van der Waals surface area contributed by atoms with E-state index in [1.165, 1.54) is 0 Å². The summed E-state index contributed by atoms with van der Waals surface area (Å²) in [6.07, 6.45) is 0. The Labute approximate surface area is 119 Å². The number of aromatic nitrogens is 2. The Kier molecular flexibility index (Phi) is 5.18. The number of thiocarbonyl (C=S) groups is 1. The van der Waals surface area contributed by atoms with Gasteiger partial charge in [0, 0.05) is 11.5 Å². The molecule has 1 rings (SSSR count). The smallest absolute Gasteiger partial charge is 0.402 e. The van der Waals surface area contributed by atoms with Gasteiger partial charge in [0.1, 0.15) is 10.9 Å². The van der Waals surface area contributed by atoms with Crippen LogP contribution in [0.2, 0.25) is 0 Å². The van der Waals surface area contributed by atoms with Crippen molar-refractivity contribution in [2.75, 3.05) is 6.61 Å². The van der Waals surface area contributed by atoms with Crippen LogP contribution in [0.4, 0.5) is 0 Å². The van der Waals surface area contributed by atoms with Gasteiger partial charge in [-0.3, -0.25) is 4.52 Å². The van der Waals surface area contributed by atoms with Crippen molar-refractivity contribution in [2.24, 2.45) is 0 Å². The van der Waals surface area contributed by atoms with Gasteiger partial charge in [-0.2, -0.15) is 4.98 Å². The average Bonchev–Trinajstić information content (AvgIpc) is 2.27. The second kappa shape index (κ2) is 6.07. The molecule has 1 heterocycles. The molecule has 0 N–H and O–H groups in total. The molecule has 0 radical (unpaired) electrons. The van der Waals surface area contributed by atoms with Crippen LogP contribution < -0.4 is 4.52 Å². The maximum absolute atomic E-state index is 12.2. The molecule has 0 bridgehead atoms. The molecule has 1 atom stereocenters. The zero-order valence-corrected chi connectivity index (χ0v) is 13.5. The van der Waals surface area contributed by atoms with Crippen LogP contribution in [0.5, 0.6) is 5.88 Å². The van der Waals surface area contributed by atoms with Gasteiger partial charge in [0.25, 0.3) is 0 Å². The lowest BCUT2D eigenvalue weighted by Gasteiger charge is -2.20. The van der Waals surface area contributed by atoms with Crippen molar-refractivity contribution in [2.45, 2.75) is 40.0 Å². The van der Waals surface area contributed by atoms with Crippen LogP contribution in [-0.4, -0.2) is 21.7 Å². The van der Waals surface area contributed by atoms with Gasteiger partial charge >= 0.3 is 7.60 Å². The molecule has 19 heavy (non-hydrogen) atoms. The monoisotopic (exact) mass is 302 g/mol. The van der Waals surface area contributed by atoms with Crippen LogP contribution in [-0.2, 0) is 14.5 Å². The van der Waals surface area contributed by atoms with Crippen LogP contribution in [0.1, 0.15) is 39.2 Å². The standard InChI is InChI=1S/C12H19N2O3PS/c1-6-16-18(15,8-19)17-11-7-10(12(3,4)5)13-9(2)14-11/h7-8H,6H2,1-5H3. The number of rotatable bonds is 5. The highest BCUT2D eigenvalue weighted by atomic mass is 32.1. The molecule has 106 valence electrons. The zero-order valence-electron chi connectivity index (χ0n) is 11.8. The molecule has 1 unspecified atom stereocenters. The molecule has 1 aromatic rings. The Balaban J connectivity index is 3.12. The number of hydrogen-bond donors (Lipinski definition) is 0. The van der Waals surface area contributed by atoms with Gasteiger partial charge in [-0.1, -0.05) is 33.0 Å². The summed E-state index contributed by atoms with van der Waals surface area (Å²) in [4.78, 5) is 8.46. The van der Waals surface area contributed by atoms with Gasteiger partial charge in [0.15, 0.2) is 0 Å². The molecule has 0 spiro atoms. The summed E-state index contributed by atoms with van der Waals surface area (Å²) in [5.74, 6) is 0.769. The van der Waals surface area contributed by atoms with E-state index in [-0.39, 0.29) is 17.9 Å². The second-order valence-corrected chi connectivity index (χ2v) is 7.41. The van der Waals surface area contributed by atoms with E-state index in [1.54, 1.807) is 19.9 Å². The van der Waals surface area contributed by atoms with E-state index in [4.69, 9.17) is 21.3 Å². The van der Waals surface area contributed by atoms with Crippen molar-refractivity contribution in [3.8, 4) is 5.88 Å². The first-order valence-electron chi connectivity index (χ1n) is 5.96. The molecule has 1 aromatic heterocycles. The Hall–Kier alpha value is -0.840. The van der Waals surface area contributed by atoms with E-state index in [0.29, 0.717) is 5.82 Å². The first-order valence-corrected chi connectivity index (χ1v) is 8.05. The normalized spacial score (nSPS) is 14.8. The van der Waals surface area contributed by atoms with E-state index in [9.17, 15) is 4.57 Å². The van der Waals surface area contributed by atoms with Gasteiger partial charge in [-0.05, 0) is 13.8 Å². The van der Waals surface area contributed by atoms with Gasteiger partial charge in [0.2, 0.25) is 5.88 Å². The summed E-state index contributed by atoms with van der Waals surface area (Å²) in [5, 5.41) is 1.02. The Bertz CT molecular complexity index is 514. The van der Waals surface area contributed by atoms with Crippen molar-refractivity contribution >= 4 is 24.9 Å². The quantitative estimate of drug-likeness (QED) is 0.611. The van der Waals surface area contributed by atoms with E-state index in [0.717, 1.165) is 10.8 Å². The van der Waals surface area contributed by atoms with Crippen LogP contribution in [0.15, 0.2) is 6.07 Å². The van der Waals surface area contributed by atoms with Crippen LogP contribution in [0.25, 0.3) is 0 Å². The van der Waals surface area contributed by atoms with Gasteiger partial charge in [-0.25, -0.2) is 9.55 Å². The fraction of sp³-hybridized carbons (Fsp3) is 0.583. The van der Waals surface area contributed by atoms with Crippen molar-refractivity contribution < 1.29 is 13.6 Å². The van der Waals surface area contributed by atoms with Crippen LogP contribution >= 0.6 is 19.8 Å². The average molecular weight is 302 g/mol. The van der Waals surface area contributed by atoms with Gasteiger partial charge in [-0.15, -0.1) is 0 Å². The third-order valence-electron chi connectivity index (χ3n) is 2.24. The molecular formula is C12H19N2O3PS. The predicted octanol–water partition coefficient (Wildman–Crippen LogP) is 3.65. The zero-order chi connectivity index (χ0) is 14.7. The minimum atomic E-state index is -3.41. The largest absolute Gasteiger partial charge is 0.415 e. The predicted molar refractivity (Wildman–Crippen MR) is 79.0 cm³/mol. The lowest BCUT2D eigenvalue weighted by atomic mass is 9.92. The summed E-state index contributed by atoms with van der Waals surface area (Å²) >= 11 is 4.71. The van der Waals surface area contributed by atoms with Crippen molar-refractivity contribution in [3.63, 3.8) is 0 Å². The minimum absolute atomic E-state index is 0.154. The molecule has 0 saturated carbocycles. The summed E-state index contributed by atoms with van der Waals surface area (Å²) in [6.45, 7) is 9.81. The summed E-state index contributed by atoms with van der Waals surface area (Å²) in [6, 6.07) is 1.66. The highest BCUT2D eigenvalue weighted by Gasteiger charge is 2.25. The van der Waals surface area contributed by atoms with E-state index >= 15 is 0 Å².